The first-order chi connectivity index (χ1) is 4.33. The average Bonchev–Trinajstić information content (AvgIpc) is 1.60. The molecule has 0 aliphatic heterocycles. The van der Waals surface area contributed by atoms with Gasteiger partial charge in [-0.05, 0) is 6.92 Å². The molecule has 0 fully saturated rings. The van der Waals surface area contributed by atoms with E-state index in [2.05, 4.69) is 4.52 Å². The summed E-state index contributed by atoms with van der Waals surface area (Å²) in [6.07, 6.45) is -1.24. The van der Waals surface area contributed by atoms with E-state index in [0.29, 0.717) is 0 Å². The molecule has 0 saturated heterocycles. The molecule has 0 rings (SSSR count). The first kappa shape index (κ1) is 9.62. The predicted octanol–water partition coefficient (Wildman–Crippen LogP) is 0.291. The zero-order chi connectivity index (χ0) is 8.36. The van der Waals surface area contributed by atoms with E-state index in [4.69, 9.17) is 10.00 Å². The van der Waals surface area contributed by atoms with Gasteiger partial charge in [0.2, 0.25) is 0 Å². The fourth-order valence-corrected chi connectivity index (χ4v) is 1.02. The van der Waals surface area contributed by atoms with Crippen molar-refractivity contribution >= 4 is 13.6 Å². The molecule has 0 radical (unpaired) electrons. The Morgan fingerprint density at radius 3 is 2.20 bits per heavy atom. The summed E-state index contributed by atoms with van der Waals surface area (Å²) in [5.41, 5.74) is 0. The largest absolute Gasteiger partial charge is 0.479 e. The van der Waals surface area contributed by atoms with Crippen LogP contribution in [-0.2, 0) is 13.9 Å². The van der Waals surface area contributed by atoms with E-state index in [1.807, 2.05) is 0 Å². The summed E-state index contributed by atoms with van der Waals surface area (Å²) in [6.45, 7) is 2.13. The van der Waals surface area contributed by atoms with Gasteiger partial charge >= 0.3 is 13.6 Å². The molecular weight excluding hydrogens is 159 g/mol. The first-order valence-electron chi connectivity index (χ1n) is 2.54. The minimum Gasteiger partial charge on any atom is -0.479 e. The third-order valence-electron chi connectivity index (χ3n) is 0.701. The second-order valence-corrected chi connectivity index (χ2v) is 3.71. The van der Waals surface area contributed by atoms with Crippen LogP contribution in [0.3, 0.4) is 0 Å². The molecule has 5 nitrogen and oxygen atoms in total. The van der Waals surface area contributed by atoms with Crippen molar-refractivity contribution in [2.75, 3.05) is 6.66 Å². The monoisotopic (exact) mass is 168 g/mol. The molecule has 10 heavy (non-hydrogen) atoms. The molecule has 60 valence electrons. The van der Waals surface area contributed by atoms with Crippen LogP contribution in [0.2, 0.25) is 0 Å². The SMILES string of the molecule is CC(OP(C)(=O)O)C(=O)O. The molecule has 0 aromatic heterocycles. The third-order valence-corrected chi connectivity index (χ3v) is 1.41. The highest BCUT2D eigenvalue weighted by Crippen LogP contribution is 2.37. The molecule has 2 N–H and O–H groups in total. The summed E-state index contributed by atoms with van der Waals surface area (Å²) in [6, 6.07) is 0. The Morgan fingerprint density at radius 1 is 1.70 bits per heavy atom. The van der Waals surface area contributed by atoms with Crippen molar-refractivity contribution in [2.24, 2.45) is 0 Å². The molecule has 6 heteroatoms. The Bertz CT molecular complexity index is 170. The van der Waals surface area contributed by atoms with Crippen molar-refractivity contribution < 1.29 is 23.9 Å². The van der Waals surface area contributed by atoms with Gasteiger partial charge in [0.1, 0.15) is 0 Å². The lowest BCUT2D eigenvalue weighted by molar-refractivity contribution is -0.144. The van der Waals surface area contributed by atoms with Gasteiger partial charge in [-0.15, -0.1) is 0 Å². The molecule has 0 saturated carbocycles. The van der Waals surface area contributed by atoms with Crippen molar-refractivity contribution in [2.45, 2.75) is 13.0 Å². The van der Waals surface area contributed by atoms with Crippen molar-refractivity contribution in [3.05, 3.63) is 0 Å². The lowest BCUT2D eigenvalue weighted by atomic mass is 10.4. The Morgan fingerprint density at radius 2 is 2.10 bits per heavy atom. The van der Waals surface area contributed by atoms with Crippen molar-refractivity contribution in [3.8, 4) is 0 Å². The van der Waals surface area contributed by atoms with E-state index in [1.165, 1.54) is 6.92 Å². The van der Waals surface area contributed by atoms with Crippen LogP contribution in [0, 0.1) is 0 Å². The number of hydrogen-bond acceptors (Lipinski definition) is 3. The summed E-state index contributed by atoms with van der Waals surface area (Å²) in [4.78, 5) is 18.5. The number of aliphatic carboxylic acids is 1. The average molecular weight is 168 g/mol. The topological polar surface area (TPSA) is 83.8 Å². The number of rotatable bonds is 3. The lowest BCUT2D eigenvalue weighted by Gasteiger charge is -2.09. The maximum atomic E-state index is 10.4. The van der Waals surface area contributed by atoms with E-state index in [-0.39, 0.29) is 0 Å². The van der Waals surface area contributed by atoms with Gasteiger partial charge < -0.3 is 10.00 Å². The standard InChI is InChI=1S/C4H9O5P/c1-3(4(5)6)9-10(2,7)8/h3H,1-2H3,(H,5,6)(H,7,8). The van der Waals surface area contributed by atoms with Gasteiger partial charge in [0.25, 0.3) is 0 Å². The Hall–Kier alpha value is -0.380. The molecule has 2 unspecified atom stereocenters. The van der Waals surface area contributed by atoms with E-state index in [1.54, 1.807) is 0 Å². The second kappa shape index (κ2) is 3.14. The predicted molar refractivity (Wildman–Crippen MR) is 33.9 cm³/mol. The highest BCUT2D eigenvalue weighted by molar-refractivity contribution is 7.51. The van der Waals surface area contributed by atoms with Gasteiger partial charge in [-0.25, -0.2) is 4.79 Å². The molecule has 0 spiro atoms. The van der Waals surface area contributed by atoms with Gasteiger partial charge in [0.15, 0.2) is 6.10 Å². The maximum absolute atomic E-state index is 10.4. The van der Waals surface area contributed by atoms with Crippen LogP contribution < -0.4 is 0 Å². The van der Waals surface area contributed by atoms with Crippen LogP contribution in [0.4, 0.5) is 0 Å². The lowest BCUT2D eigenvalue weighted by Crippen LogP contribution is -2.18. The van der Waals surface area contributed by atoms with E-state index >= 15 is 0 Å². The molecule has 0 heterocycles. The van der Waals surface area contributed by atoms with Gasteiger partial charge in [0, 0.05) is 6.66 Å². The summed E-state index contributed by atoms with van der Waals surface area (Å²) < 4.78 is 14.6. The molecular formula is C4H9O5P. The second-order valence-electron chi connectivity index (χ2n) is 1.89. The van der Waals surface area contributed by atoms with E-state index < -0.39 is 19.7 Å². The number of carboxylic acid groups (broad SMARTS) is 1. The van der Waals surface area contributed by atoms with E-state index in [0.717, 1.165) is 6.66 Å². The van der Waals surface area contributed by atoms with Crippen LogP contribution in [-0.4, -0.2) is 28.7 Å². The van der Waals surface area contributed by atoms with Gasteiger partial charge in [-0.1, -0.05) is 0 Å². The summed E-state index contributed by atoms with van der Waals surface area (Å²) in [5, 5.41) is 8.19. The highest BCUT2D eigenvalue weighted by atomic mass is 31.2. The van der Waals surface area contributed by atoms with Gasteiger partial charge in [0.05, 0.1) is 0 Å². The smallest absolute Gasteiger partial charge is 0.333 e. The zero-order valence-corrected chi connectivity index (χ0v) is 6.54. The fourth-order valence-electron chi connectivity index (χ4n) is 0.338. The molecule has 0 aliphatic carbocycles. The summed E-state index contributed by atoms with van der Waals surface area (Å²) >= 11 is 0. The quantitative estimate of drug-likeness (QED) is 0.591. The molecule has 0 amide bonds. The minimum absolute atomic E-state index is 0.937. The van der Waals surface area contributed by atoms with Crippen molar-refractivity contribution in [1.29, 1.82) is 0 Å². The van der Waals surface area contributed by atoms with Crippen LogP contribution in [0.25, 0.3) is 0 Å². The highest BCUT2D eigenvalue weighted by Gasteiger charge is 2.20. The Kier molecular flexibility index (Phi) is 3.02. The van der Waals surface area contributed by atoms with Crippen molar-refractivity contribution in [1.82, 2.24) is 0 Å². The van der Waals surface area contributed by atoms with Gasteiger partial charge in [-0.2, -0.15) is 0 Å². The number of carboxylic acids is 1. The van der Waals surface area contributed by atoms with Crippen molar-refractivity contribution in [3.63, 3.8) is 0 Å². The van der Waals surface area contributed by atoms with Gasteiger partial charge in [-0.3, -0.25) is 9.09 Å². The molecule has 0 bridgehead atoms. The van der Waals surface area contributed by atoms with Crippen LogP contribution in [0.1, 0.15) is 6.92 Å². The number of carbonyl (C=O) groups is 1. The third kappa shape index (κ3) is 4.49. The van der Waals surface area contributed by atoms with Crippen LogP contribution in [0.5, 0.6) is 0 Å². The Balaban J connectivity index is 3.93. The minimum atomic E-state index is -3.66. The number of hydrogen-bond donors (Lipinski definition) is 2. The molecule has 2 atom stereocenters. The Labute approximate surface area is 58.2 Å². The van der Waals surface area contributed by atoms with E-state index in [9.17, 15) is 9.36 Å². The first-order valence-corrected chi connectivity index (χ1v) is 4.57. The fraction of sp³-hybridized carbons (Fsp3) is 0.750. The zero-order valence-electron chi connectivity index (χ0n) is 5.64. The normalized spacial score (nSPS) is 19.5. The van der Waals surface area contributed by atoms with Crippen LogP contribution >= 0.6 is 7.60 Å². The van der Waals surface area contributed by atoms with Crippen LogP contribution in [0.15, 0.2) is 0 Å². The summed E-state index contributed by atoms with van der Waals surface area (Å²) in [7, 11) is -3.66. The summed E-state index contributed by atoms with van der Waals surface area (Å²) in [5.74, 6) is -1.25. The molecule has 0 aromatic rings. The maximum Gasteiger partial charge on any atom is 0.333 e. The molecule has 0 aliphatic rings. The molecule has 0 aromatic carbocycles.